The number of aliphatic hydroxyl groups is 1. The topological polar surface area (TPSA) is 66.4 Å². The fraction of sp³-hybridized carbons (Fsp3) is 0.429. The van der Waals surface area contributed by atoms with Crippen LogP contribution < -0.4 is 18.9 Å². The number of aliphatic hydroxyl groups excluding tert-OH is 1. The third-order valence-electron chi connectivity index (χ3n) is 5.31. The third-order valence-corrected chi connectivity index (χ3v) is 5.31. The van der Waals surface area contributed by atoms with Gasteiger partial charge in [-0.25, -0.2) is 0 Å². The molecule has 0 spiro atoms. The van der Waals surface area contributed by atoms with Crippen molar-refractivity contribution in [3.8, 4) is 23.0 Å². The third kappa shape index (κ3) is 3.68. The van der Waals surface area contributed by atoms with Crippen molar-refractivity contribution in [3.05, 3.63) is 47.5 Å². The highest BCUT2D eigenvalue weighted by atomic mass is 16.7. The molecular weight excluding hydrogens is 348 g/mol. The van der Waals surface area contributed by atoms with E-state index >= 15 is 0 Å². The van der Waals surface area contributed by atoms with Gasteiger partial charge in [-0.1, -0.05) is 12.1 Å². The molecule has 0 aliphatic carbocycles. The highest BCUT2D eigenvalue weighted by Crippen LogP contribution is 2.37. The van der Waals surface area contributed by atoms with Crippen molar-refractivity contribution in [2.45, 2.75) is 19.1 Å². The van der Waals surface area contributed by atoms with Crippen molar-refractivity contribution in [1.82, 2.24) is 0 Å². The van der Waals surface area contributed by atoms with Crippen molar-refractivity contribution >= 4 is 0 Å². The first kappa shape index (κ1) is 17.9. The molecule has 144 valence electrons. The number of fused-ring (bicyclic) bond motifs is 1. The average molecular weight is 372 g/mol. The van der Waals surface area contributed by atoms with Gasteiger partial charge in [0, 0.05) is 5.92 Å². The van der Waals surface area contributed by atoms with Gasteiger partial charge in [0.1, 0.15) is 0 Å². The van der Waals surface area contributed by atoms with Gasteiger partial charge in [0.15, 0.2) is 29.3 Å². The summed E-state index contributed by atoms with van der Waals surface area (Å²) in [5.41, 5.74) is 2.23. The molecule has 2 aromatic rings. The maximum absolute atomic E-state index is 10.4. The molecule has 2 heterocycles. The zero-order chi connectivity index (χ0) is 18.8. The van der Waals surface area contributed by atoms with Crippen molar-refractivity contribution < 1.29 is 28.8 Å². The largest absolute Gasteiger partial charge is 0.493 e. The molecule has 0 radical (unpaired) electrons. The Morgan fingerprint density at radius 3 is 2.48 bits per heavy atom. The molecular formula is C21H24O6. The second-order valence-corrected chi connectivity index (χ2v) is 6.93. The molecule has 3 atom stereocenters. The fourth-order valence-corrected chi connectivity index (χ4v) is 3.83. The van der Waals surface area contributed by atoms with Crippen molar-refractivity contribution in [1.29, 1.82) is 0 Å². The van der Waals surface area contributed by atoms with E-state index in [1.807, 2.05) is 36.4 Å². The van der Waals surface area contributed by atoms with E-state index in [0.717, 1.165) is 35.5 Å². The zero-order valence-electron chi connectivity index (χ0n) is 15.5. The van der Waals surface area contributed by atoms with Crippen LogP contribution in [0.4, 0.5) is 0 Å². The predicted molar refractivity (Wildman–Crippen MR) is 98.5 cm³/mol. The van der Waals surface area contributed by atoms with Gasteiger partial charge in [-0.15, -0.1) is 0 Å². The van der Waals surface area contributed by atoms with Gasteiger partial charge >= 0.3 is 0 Å². The molecule has 1 N–H and O–H groups in total. The molecule has 2 aliphatic rings. The summed E-state index contributed by atoms with van der Waals surface area (Å²) in [6.07, 6.45) is 0.753. The monoisotopic (exact) mass is 372 g/mol. The van der Waals surface area contributed by atoms with Crippen LogP contribution in [-0.2, 0) is 17.6 Å². The van der Waals surface area contributed by atoms with Crippen LogP contribution in [0.2, 0.25) is 0 Å². The predicted octanol–water partition coefficient (Wildman–Crippen LogP) is 2.80. The summed E-state index contributed by atoms with van der Waals surface area (Å²) in [4.78, 5) is 0. The first-order valence-electron chi connectivity index (χ1n) is 9.07. The van der Waals surface area contributed by atoms with E-state index in [9.17, 15) is 5.11 Å². The highest BCUT2D eigenvalue weighted by Gasteiger charge is 2.36. The number of rotatable bonds is 6. The van der Waals surface area contributed by atoms with Crippen LogP contribution in [-0.4, -0.2) is 39.0 Å². The van der Waals surface area contributed by atoms with Crippen LogP contribution in [0, 0.1) is 11.8 Å². The molecule has 1 fully saturated rings. The molecule has 0 unspecified atom stereocenters. The Bertz CT molecular complexity index is 805. The summed E-state index contributed by atoms with van der Waals surface area (Å²) in [6, 6.07) is 11.9. The summed E-state index contributed by atoms with van der Waals surface area (Å²) in [5, 5.41) is 10.4. The van der Waals surface area contributed by atoms with Crippen LogP contribution in [0.15, 0.2) is 36.4 Å². The maximum Gasteiger partial charge on any atom is 0.231 e. The van der Waals surface area contributed by atoms with Crippen molar-refractivity contribution in [3.63, 3.8) is 0 Å². The van der Waals surface area contributed by atoms with E-state index in [-0.39, 0.29) is 18.6 Å². The maximum atomic E-state index is 10.4. The van der Waals surface area contributed by atoms with Crippen LogP contribution >= 0.6 is 0 Å². The smallest absolute Gasteiger partial charge is 0.231 e. The zero-order valence-corrected chi connectivity index (χ0v) is 15.5. The molecule has 27 heavy (non-hydrogen) atoms. The Hall–Kier alpha value is -2.44. The molecule has 6 nitrogen and oxygen atoms in total. The van der Waals surface area contributed by atoms with E-state index in [2.05, 4.69) is 0 Å². The average Bonchev–Trinajstić information content (AvgIpc) is 3.29. The highest BCUT2D eigenvalue weighted by molar-refractivity contribution is 5.45. The van der Waals surface area contributed by atoms with Crippen LogP contribution in [0.3, 0.4) is 0 Å². The number of ether oxygens (including phenoxy) is 5. The van der Waals surface area contributed by atoms with E-state index in [0.29, 0.717) is 18.1 Å². The van der Waals surface area contributed by atoms with E-state index in [1.165, 1.54) is 0 Å². The van der Waals surface area contributed by atoms with Gasteiger partial charge < -0.3 is 28.8 Å². The Morgan fingerprint density at radius 2 is 1.67 bits per heavy atom. The van der Waals surface area contributed by atoms with Gasteiger partial charge in [0.25, 0.3) is 0 Å². The van der Waals surface area contributed by atoms with Crippen LogP contribution in [0.1, 0.15) is 11.1 Å². The molecule has 2 aromatic carbocycles. The minimum atomic E-state index is -0.763. The Morgan fingerprint density at radius 1 is 0.926 bits per heavy atom. The molecule has 2 aliphatic heterocycles. The standard InChI is InChI=1S/C21H24O6/c1-23-17-5-3-13(9-19(17)24-2)7-15-11-25-21(22)16(15)8-14-4-6-18-20(10-14)27-12-26-18/h3-6,9-10,15-16,21-22H,7-8,11-12H2,1-2H3/t15-,16-,21-/m1/s1. The van der Waals surface area contributed by atoms with Crippen molar-refractivity contribution in [2.75, 3.05) is 27.6 Å². The number of benzene rings is 2. The van der Waals surface area contributed by atoms with Gasteiger partial charge in [0.05, 0.1) is 20.8 Å². The van der Waals surface area contributed by atoms with E-state index in [1.54, 1.807) is 14.2 Å². The second-order valence-electron chi connectivity index (χ2n) is 6.93. The molecule has 0 amide bonds. The van der Waals surface area contributed by atoms with Crippen molar-refractivity contribution in [2.24, 2.45) is 11.8 Å². The summed E-state index contributed by atoms with van der Waals surface area (Å²) in [7, 11) is 3.26. The number of hydrogen-bond acceptors (Lipinski definition) is 6. The lowest BCUT2D eigenvalue weighted by Crippen LogP contribution is -2.24. The van der Waals surface area contributed by atoms with Gasteiger partial charge in [0.2, 0.25) is 6.79 Å². The van der Waals surface area contributed by atoms with Gasteiger partial charge in [-0.3, -0.25) is 0 Å². The molecule has 0 bridgehead atoms. The van der Waals surface area contributed by atoms with E-state index < -0.39 is 6.29 Å². The second kappa shape index (κ2) is 7.66. The molecule has 0 saturated carbocycles. The lowest BCUT2D eigenvalue weighted by atomic mass is 9.84. The van der Waals surface area contributed by atoms with Gasteiger partial charge in [-0.2, -0.15) is 0 Å². The summed E-state index contributed by atoms with van der Waals surface area (Å²) in [5.74, 6) is 3.17. The normalized spacial score (nSPS) is 23.4. The summed E-state index contributed by atoms with van der Waals surface area (Å²) in [6.45, 7) is 0.792. The molecule has 0 aromatic heterocycles. The quantitative estimate of drug-likeness (QED) is 0.841. The molecule has 4 rings (SSSR count). The first-order chi connectivity index (χ1) is 13.2. The number of methoxy groups -OCH3 is 2. The summed E-state index contributed by atoms with van der Waals surface area (Å²) < 4.78 is 27.1. The molecule has 6 heteroatoms. The first-order valence-corrected chi connectivity index (χ1v) is 9.07. The summed E-state index contributed by atoms with van der Waals surface area (Å²) >= 11 is 0. The van der Waals surface area contributed by atoms with Crippen LogP contribution in [0.25, 0.3) is 0 Å². The molecule has 1 saturated heterocycles. The Labute approximate surface area is 158 Å². The van der Waals surface area contributed by atoms with E-state index in [4.69, 9.17) is 23.7 Å². The number of hydrogen-bond donors (Lipinski definition) is 1. The lowest BCUT2D eigenvalue weighted by Gasteiger charge is -2.20. The Balaban J connectivity index is 1.49. The minimum absolute atomic E-state index is 0.0125. The lowest BCUT2D eigenvalue weighted by molar-refractivity contribution is -0.0820. The Kier molecular flexibility index (Phi) is 5.09. The minimum Gasteiger partial charge on any atom is -0.493 e. The van der Waals surface area contributed by atoms with Gasteiger partial charge in [-0.05, 0) is 54.2 Å². The van der Waals surface area contributed by atoms with Crippen LogP contribution in [0.5, 0.6) is 23.0 Å². The SMILES string of the molecule is COc1ccc(C[C@@H]2CO[C@@H](O)[C@@H]2Cc2ccc3c(c2)OCO3)cc1OC. The fourth-order valence-electron chi connectivity index (χ4n) is 3.83.